The maximum absolute atomic E-state index is 12.7. The first-order valence-electron chi connectivity index (χ1n) is 12.6. The maximum Gasteiger partial charge on any atom is 0.226 e. The number of pyridine rings is 1. The number of benzene rings is 3. The van der Waals surface area contributed by atoms with Gasteiger partial charge in [-0.25, -0.2) is 9.97 Å². The van der Waals surface area contributed by atoms with Crippen molar-refractivity contribution in [2.75, 3.05) is 18.2 Å². The fraction of sp³-hybridized carbons (Fsp3) is 0.125. The number of hydrogen-bond acceptors (Lipinski definition) is 7. The Labute approximate surface area is 241 Å². The van der Waals surface area contributed by atoms with E-state index in [1.54, 1.807) is 7.11 Å². The number of anilines is 1. The predicted molar refractivity (Wildman–Crippen MR) is 163 cm³/mol. The Morgan fingerprint density at radius 1 is 0.950 bits per heavy atom. The number of nitrogens with zero attached hydrogens (tertiary/aromatic N) is 3. The second kappa shape index (κ2) is 12.6. The molecule has 5 rings (SSSR count). The maximum atomic E-state index is 12.7. The van der Waals surface area contributed by atoms with Crippen LogP contribution in [0.15, 0.2) is 95.3 Å². The van der Waals surface area contributed by atoms with Gasteiger partial charge in [0.05, 0.1) is 24.1 Å². The van der Waals surface area contributed by atoms with Crippen molar-refractivity contribution in [3.8, 4) is 45.5 Å². The van der Waals surface area contributed by atoms with Crippen molar-refractivity contribution in [3.63, 3.8) is 0 Å². The van der Waals surface area contributed by atoms with E-state index in [9.17, 15) is 10.1 Å². The molecule has 8 heteroatoms. The molecule has 0 aliphatic heterocycles. The molecule has 0 bridgehead atoms. The van der Waals surface area contributed by atoms with Crippen molar-refractivity contribution in [1.29, 1.82) is 5.26 Å². The number of ether oxygens (including phenoxy) is 1. The molecule has 1 amide bonds. The molecule has 0 saturated heterocycles. The minimum atomic E-state index is -0.139. The summed E-state index contributed by atoms with van der Waals surface area (Å²) in [6, 6.07) is 30.0. The van der Waals surface area contributed by atoms with E-state index in [0.717, 1.165) is 45.0 Å². The minimum absolute atomic E-state index is 0.139. The molecule has 0 spiro atoms. The second-order valence-electron chi connectivity index (χ2n) is 8.99. The standard InChI is InChI=1S/C32H26N4O2S2/c1-21-8-10-22(11-9-21)26-18-28(23-6-4-3-5-7-23)34-31(27(26)19-33)39-17-16-30(37)36-32-35-29(20-40-32)24-12-14-25(38-2)15-13-24/h3-15,18,20H,16-17H2,1-2H3,(H,35,36,37). The molecule has 1 N–H and O–H groups in total. The van der Waals surface area contributed by atoms with Crippen molar-refractivity contribution in [2.24, 2.45) is 0 Å². The molecule has 0 aliphatic rings. The lowest BCUT2D eigenvalue weighted by atomic mass is 9.98. The summed E-state index contributed by atoms with van der Waals surface area (Å²) in [6.45, 7) is 2.04. The van der Waals surface area contributed by atoms with Gasteiger partial charge in [0.1, 0.15) is 16.8 Å². The Bertz CT molecular complexity index is 1660. The molecule has 5 aromatic rings. The zero-order chi connectivity index (χ0) is 27.9. The Kier molecular flexibility index (Phi) is 8.55. The van der Waals surface area contributed by atoms with Gasteiger partial charge in [0.2, 0.25) is 5.91 Å². The number of nitriles is 1. The second-order valence-corrected chi connectivity index (χ2v) is 10.9. The van der Waals surface area contributed by atoms with Crippen LogP contribution in [-0.2, 0) is 4.79 Å². The number of thioether (sulfide) groups is 1. The van der Waals surface area contributed by atoms with Gasteiger partial charge in [0.15, 0.2) is 5.13 Å². The number of amides is 1. The highest BCUT2D eigenvalue weighted by Gasteiger charge is 2.17. The van der Waals surface area contributed by atoms with Crippen LogP contribution >= 0.6 is 23.1 Å². The van der Waals surface area contributed by atoms with Gasteiger partial charge in [0.25, 0.3) is 0 Å². The van der Waals surface area contributed by atoms with E-state index in [-0.39, 0.29) is 12.3 Å². The summed E-state index contributed by atoms with van der Waals surface area (Å²) in [5.74, 6) is 1.11. The van der Waals surface area contributed by atoms with Crippen LogP contribution in [0.25, 0.3) is 33.6 Å². The highest BCUT2D eigenvalue weighted by molar-refractivity contribution is 7.99. The molecule has 40 heavy (non-hydrogen) atoms. The van der Waals surface area contributed by atoms with E-state index in [4.69, 9.17) is 9.72 Å². The number of rotatable bonds is 9. The van der Waals surface area contributed by atoms with Crippen LogP contribution in [0.4, 0.5) is 5.13 Å². The van der Waals surface area contributed by atoms with Gasteiger partial charge in [-0.1, -0.05) is 60.2 Å². The van der Waals surface area contributed by atoms with Gasteiger partial charge in [-0.15, -0.1) is 23.1 Å². The van der Waals surface area contributed by atoms with Crippen molar-refractivity contribution < 1.29 is 9.53 Å². The fourth-order valence-corrected chi connectivity index (χ4v) is 5.78. The lowest BCUT2D eigenvalue weighted by Crippen LogP contribution is -2.12. The molecule has 0 unspecified atom stereocenters. The van der Waals surface area contributed by atoms with E-state index in [0.29, 0.717) is 21.5 Å². The SMILES string of the molecule is COc1ccc(-c2csc(NC(=O)CCSc3nc(-c4ccccc4)cc(-c4ccc(C)cc4)c3C#N)n2)cc1. The molecular formula is C32H26N4O2S2. The van der Waals surface area contributed by atoms with Crippen LogP contribution in [0.1, 0.15) is 17.5 Å². The molecular weight excluding hydrogens is 537 g/mol. The first kappa shape index (κ1) is 27.1. The number of aromatic nitrogens is 2. The normalized spacial score (nSPS) is 10.6. The van der Waals surface area contributed by atoms with Gasteiger partial charge in [-0.3, -0.25) is 4.79 Å². The van der Waals surface area contributed by atoms with E-state index >= 15 is 0 Å². The van der Waals surface area contributed by atoms with Crippen molar-refractivity contribution >= 4 is 34.1 Å². The van der Waals surface area contributed by atoms with Crippen LogP contribution in [-0.4, -0.2) is 28.7 Å². The van der Waals surface area contributed by atoms with Gasteiger partial charge in [-0.2, -0.15) is 5.26 Å². The zero-order valence-corrected chi connectivity index (χ0v) is 23.7. The number of thiazole rings is 1. The minimum Gasteiger partial charge on any atom is -0.497 e. The van der Waals surface area contributed by atoms with Gasteiger partial charge < -0.3 is 10.1 Å². The lowest BCUT2D eigenvalue weighted by Gasteiger charge is -2.13. The number of nitrogens with one attached hydrogen (secondary N) is 1. The summed E-state index contributed by atoms with van der Waals surface area (Å²) in [5.41, 5.74) is 6.95. The van der Waals surface area contributed by atoms with Crippen LogP contribution in [0.2, 0.25) is 0 Å². The molecule has 0 fully saturated rings. The van der Waals surface area contributed by atoms with Crippen molar-refractivity contribution in [2.45, 2.75) is 18.4 Å². The third-order valence-corrected chi connectivity index (χ3v) is 7.97. The summed E-state index contributed by atoms with van der Waals surface area (Å²) in [7, 11) is 1.63. The van der Waals surface area contributed by atoms with Crippen molar-refractivity contribution in [1.82, 2.24) is 9.97 Å². The number of aryl methyl sites for hydroxylation is 1. The third kappa shape index (κ3) is 6.40. The van der Waals surface area contributed by atoms with Crippen LogP contribution < -0.4 is 10.1 Å². The summed E-state index contributed by atoms with van der Waals surface area (Å²) >= 11 is 2.80. The van der Waals surface area contributed by atoms with Crippen molar-refractivity contribution in [3.05, 3.63) is 101 Å². The summed E-state index contributed by atoms with van der Waals surface area (Å²) in [4.78, 5) is 22.1. The Morgan fingerprint density at radius 3 is 2.35 bits per heavy atom. The highest BCUT2D eigenvalue weighted by Crippen LogP contribution is 2.35. The molecule has 3 aromatic carbocycles. The fourth-order valence-electron chi connectivity index (χ4n) is 4.10. The van der Waals surface area contributed by atoms with E-state index in [1.165, 1.54) is 23.1 Å². The number of methoxy groups -OCH3 is 1. The van der Waals surface area contributed by atoms with Crippen LogP contribution in [0.3, 0.4) is 0 Å². The van der Waals surface area contributed by atoms with Crippen LogP contribution in [0.5, 0.6) is 5.75 Å². The first-order chi connectivity index (χ1) is 19.5. The smallest absolute Gasteiger partial charge is 0.226 e. The van der Waals surface area contributed by atoms with E-state index < -0.39 is 0 Å². The quantitative estimate of drug-likeness (QED) is 0.184. The predicted octanol–water partition coefficient (Wildman–Crippen LogP) is 7.85. The summed E-state index contributed by atoms with van der Waals surface area (Å²) in [6.07, 6.45) is 0.254. The Morgan fingerprint density at radius 2 is 1.65 bits per heavy atom. The lowest BCUT2D eigenvalue weighted by molar-refractivity contribution is -0.115. The molecule has 198 valence electrons. The highest BCUT2D eigenvalue weighted by atomic mass is 32.2. The molecule has 6 nitrogen and oxygen atoms in total. The molecule has 2 heterocycles. The molecule has 0 atom stereocenters. The first-order valence-corrected chi connectivity index (χ1v) is 14.5. The summed E-state index contributed by atoms with van der Waals surface area (Å²) in [5, 5.41) is 16.1. The van der Waals surface area contributed by atoms with Gasteiger partial charge in [0, 0.05) is 34.2 Å². The average molecular weight is 563 g/mol. The molecule has 0 radical (unpaired) electrons. The van der Waals surface area contributed by atoms with Gasteiger partial charge in [-0.05, 0) is 42.8 Å². The zero-order valence-electron chi connectivity index (χ0n) is 22.0. The monoisotopic (exact) mass is 562 g/mol. The largest absolute Gasteiger partial charge is 0.497 e. The number of hydrogen-bond donors (Lipinski definition) is 1. The molecule has 0 saturated carbocycles. The Balaban J connectivity index is 1.31. The molecule has 0 aliphatic carbocycles. The van der Waals surface area contributed by atoms with E-state index in [2.05, 4.69) is 16.4 Å². The van der Waals surface area contributed by atoms with Crippen LogP contribution in [0, 0.1) is 18.3 Å². The summed E-state index contributed by atoms with van der Waals surface area (Å²) < 4.78 is 5.21. The Hall–Kier alpha value is -4.45. The number of carbonyl (C=O) groups is 1. The third-order valence-electron chi connectivity index (χ3n) is 6.23. The van der Waals surface area contributed by atoms with E-state index in [1.807, 2.05) is 97.2 Å². The molecule has 2 aromatic heterocycles. The average Bonchev–Trinajstić information content (AvgIpc) is 3.46. The van der Waals surface area contributed by atoms with Gasteiger partial charge >= 0.3 is 0 Å². The topological polar surface area (TPSA) is 87.9 Å². The number of carbonyl (C=O) groups excluding carboxylic acids is 1.